The summed E-state index contributed by atoms with van der Waals surface area (Å²) in [5.74, 6) is -1.43. The van der Waals surface area contributed by atoms with Gasteiger partial charge in [-0.1, -0.05) is 19.9 Å². The molecule has 0 fully saturated rings. The van der Waals surface area contributed by atoms with Gasteiger partial charge in [-0.05, 0) is 24.8 Å². The van der Waals surface area contributed by atoms with Crippen LogP contribution in [-0.2, 0) is 5.60 Å². The molecular weight excluding hydrogens is 274 g/mol. The summed E-state index contributed by atoms with van der Waals surface area (Å²) in [6, 6.07) is 5.26. The summed E-state index contributed by atoms with van der Waals surface area (Å²) >= 11 is 0. The van der Waals surface area contributed by atoms with Gasteiger partial charge in [-0.15, -0.1) is 0 Å². The molecule has 2 N–H and O–H groups in total. The van der Waals surface area contributed by atoms with Crippen LogP contribution < -0.4 is 5.32 Å². The van der Waals surface area contributed by atoms with E-state index in [9.17, 15) is 13.9 Å². The van der Waals surface area contributed by atoms with Crippen molar-refractivity contribution in [3.8, 4) is 6.07 Å². The number of nitriles is 1. The first-order valence-corrected chi connectivity index (χ1v) is 6.93. The second-order valence-corrected chi connectivity index (χ2v) is 6.32. The lowest BCUT2D eigenvalue weighted by Gasteiger charge is -2.29. The molecule has 1 atom stereocenters. The molecule has 21 heavy (non-hydrogen) atoms. The summed E-state index contributed by atoms with van der Waals surface area (Å²) in [5.41, 5.74) is -1.46. The van der Waals surface area contributed by atoms with Crippen LogP contribution in [-0.4, -0.2) is 18.2 Å². The normalized spacial score (nSPS) is 14.5. The Hall–Kier alpha value is -1.51. The SMILES string of the molecule is CC(C)(CCC#N)CNCC(C)(O)c1ccc(F)cc1F. The summed E-state index contributed by atoms with van der Waals surface area (Å²) in [5, 5.41) is 22.1. The van der Waals surface area contributed by atoms with E-state index in [0.717, 1.165) is 18.6 Å². The molecule has 1 rings (SSSR count). The lowest BCUT2D eigenvalue weighted by atomic mass is 9.87. The van der Waals surface area contributed by atoms with E-state index in [1.807, 2.05) is 13.8 Å². The van der Waals surface area contributed by atoms with Crippen LogP contribution in [0, 0.1) is 28.4 Å². The molecular formula is C16H22F2N2O. The number of nitrogens with one attached hydrogen (secondary N) is 1. The average Bonchev–Trinajstić information content (AvgIpc) is 2.35. The Morgan fingerprint density at radius 1 is 1.24 bits per heavy atom. The maximum absolute atomic E-state index is 13.7. The zero-order chi connectivity index (χ0) is 16.1. The summed E-state index contributed by atoms with van der Waals surface area (Å²) in [6.45, 7) is 6.26. The molecule has 3 nitrogen and oxygen atoms in total. The fourth-order valence-electron chi connectivity index (χ4n) is 2.15. The minimum Gasteiger partial charge on any atom is -0.384 e. The second-order valence-electron chi connectivity index (χ2n) is 6.32. The molecule has 0 amide bonds. The van der Waals surface area contributed by atoms with Gasteiger partial charge in [-0.2, -0.15) is 5.26 Å². The zero-order valence-electron chi connectivity index (χ0n) is 12.7. The van der Waals surface area contributed by atoms with Crippen LogP contribution in [0.15, 0.2) is 18.2 Å². The summed E-state index contributed by atoms with van der Waals surface area (Å²) in [4.78, 5) is 0. The molecule has 0 radical (unpaired) electrons. The smallest absolute Gasteiger partial charge is 0.132 e. The molecule has 0 aliphatic carbocycles. The first-order valence-electron chi connectivity index (χ1n) is 6.93. The molecule has 0 bridgehead atoms. The Kier molecular flexibility index (Phi) is 5.82. The fraction of sp³-hybridized carbons (Fsp3) is 0.562. The van der Waals surface area contributed by atoms with E-state index in [-0.39, 0.29) is 17.5 Å². The molecule has 1 aromatic carbocycles. The van der Waals surface area contributed by atoms with Gasteiger partial charge in [0, 0.05) is 31.1 Å². The van der Waals surface area contributed by atoms with Crippen molar-refractivity contribution in [2.75, 3.05) is 13.1 Å². The van der Waals surface area contributed by atoms with Crippen LogP contribution in [0.3, 0.4) is 0 Å². The minimum absolute atomic E-state index is 0.0613. The summed E-state index contributed by atoms with van der Waals surface area (Å²) < 4.78 is 26.6. The third-order valence-electron chi connectivity index (χ3n) is 3.50. The van der Waals surface area contributed by atoms with Crippen LogP contribution >= 0.6 is 0 Å². The molecule has 0 aliphatic heterocycles. The topological polar surface area (TPSA) is 56.0 Å². The Morgan fingerprint density at radius 3 is 2.48 bits per heavy atom. The third-order valence-corrected chi connectivity index (χ3v) is 3.50. The monoisotopic (exact) mass is 296 g/mol. The van der Waals surface area contributed by atoms with Crippen molar-refractivity contribution in [2.24, 2.45) is 5.41 Å². The van der Waals surface area contributed by atoms with Crippen LogP contribution in [0.4, 0.5) is 8.78 Å². The van der Waals surface area contributed by atoms with E-state index in [4.69, 9.17) is 5.26 Å². The van der Waals surface area contributed by atoms with Gasteiger partial charge in [-0.3, -0.25) is 0 Å². The van der Waals surface area contributed by atoms with Crippen LogP contribution in [0.1, 0.15) is 39.2 Å². The predicted octanol–water partition coefficient (Wildman–Crippen LogP) is 3.09. The number of nitrogens with zero attached hydrogens (tertiary/aromatic N) is 1. The Labute approximate surface area is 124 Å². The Bertz CT molecular complexity index is 521. The highest BCUT2D eigenvalue weighted by Crippen LogP contribution is 2.25. The van der Waals surface area contributed by atoms with Crippen molar-refractivity contribution < 1.29 is 13.9 Å². The van der Waals surface area contributed by atoms with Crippen LogP contribution in [0.5, 0.6) is 0 Å². The molecule has 1 aromatic rings. The van der Waals surface area contributed by atoms with Crippen molar-refractivity contribution in [3.05, 3.63) is 35.4 Å². The lowest BCUT2D eigenvalue weighted by molar-refractivity contribution is 0.0504. The largest absolute Gasteiger partial charge is 0.384 e. The third kappa shape index (κ3) is 5.41. The summed E-state index contributed by atoms with van der Waals surface area (Å²) in [7, 11) is 0. The predicted molar refractivity (Wildman–Crippen MR) is 77.4 cm³/mol. The molecule has 0 aromatic heterocycles. The van der Waals surface area contributed by atoms with E-state index < -0.39 is 17.2 Å². The molecule has 0 aliphatic rings. The molecule has 116 valence electrons. The number of hydrogen-bond acceptors (Lipinski definition) is 3. The van der Waals surface area contributed by atoms with Crippen molar-refractivity contribution in [3.63, 3.8) is 0 Å². The zero-order valence-corrected chi connectivity index (χ0v) is 12.7. The Morgan fingerprint density at radius 2 is 1.90 bits per heavy atom. The molecule has 0 saturated heterocycles. The average molecular weight is 296 g/mol. The first-order chi connectivity index (χ1) is 9.68. The molecule has 0 saturated carbocycles. The second kappa shape index (κ2) is 6.97. The van der Waals surface area contributed by atoms with Gasteiger partial charge < -0.3 is 10.4 Å². The van der Waals surface area contributed by atoms with Gasteiger partial charge in [0.05, 0.1) is 6.07 Å². The lowest BCUT2D eigenvalue weighted by Crippen LogP contribution is -2.40. The van der Waals surface area contributed by atoms with Crippen molar-refractivity contribution in [1.29, 1.82) is 5.26 Å². The van der Waals surface area contributed by atoms with Crippen molar-refractivity contribution in [2.45, 2.75) is 39.2 Å². The molecule has 0 heterocycles. The standard InChI is InChI=1S/C16H22F2N2O/c1-15(2,7-4-8-19)10-20-11-16(3,21)13-6-5-12(17)9-14(13)18/h5-6,9,20-21H,4,7,10-11H2,1-3H3. The first kappa shape index (κ1) is 17.5. The van der Waals surface area contributed by atoms with Gasteiger partial charge in [0.25, 0.3) is 0 Å². The maximum atomic E-state index is 13.7. The van der Waals surface area contributed by atoms with Crippen molar-refractivity contribution >= 4 is 0 Å². The van der Waals surface area contributed by atoms with Gasteiger partial charge in [-0.25, -0.2) is 8.78 Å². The number of aliphatic hydroxyl groups is 1. The molecule has 5 heteroatoms. The quantitative estimate of drug-likeness (QED) is 0.813. The van der Waals surface area contributed by atoms with Crippen LogP contribution in [0.2, 0.25) is 0 Å². The highest BCUT2D eigenvalue weighted by Gasteiger charge is 2.27. The number of halogens is 2. The van der Waals surface area contributed by atoms with Gasteiger partial charge in [0.15, 0.2) is 0 Å². The summed E-state index contributed by atoms with van der Waals surface area (Å²) in [6.07, 6.45) is 1.21. The van der Waals surface area contributed by atoms with Gasteiger partial charge in [0.1, 0.15) is 17.2 Å². The van der Waals surface area contributed by atoms with E-state index in [1.54, 1.807) is 0 Å². The van der Waals surface area contributed by atoms with Gasteiger partial charge >= 0.3 is 0 Å². The van der Waals surface area contributed by atoms with Crippen molar-refractivity contribution in [1.82, 2.24) is 5.32 Å². The van der Waals surface area contributed by atoms with E-state index in [1.165, 1.54) is 13.0 Å². The minimum atomic E-state index is -1.43. The number of rotatable bonds is 7. The van der Waals surface area contributed by atoms with E-state index in [0.29, 0.717) is 13.0 Å². The van der Waals surface area contributed by atoms with E-state index in [2.05, 4.69) is 11.4 Å². The van der Waals surface area contributed by atoms with Crippen LogP contribution in [0.25, 0.3) is 0 Å². The van der Waals surface area contributed by atoms with Gasteiger partial charge in [0.2, 0.25) is 0 Å². The fourth-order valence-corrected chi connectivity index (χ4v) is 2.15. The highest BCUT2D eigenvalue weighted by molar-refractivity contribution is 5.24. The number of benzene rings is 1. The molecule has 1 unspecified atom stereocenters. The Balaban J connectivity index is 2.63. The molecule has 0 spiro atoms. The highest BCUT2D eigenvalue weighted by atomic mass is 19.1. The van der Waals surface area contributed by atoms with E-state index >= 15 is 0 Å². The number of hydrogen-bond donors (Lipinski definition) is 2. The maximum Gasteiger partial charge on any atom is 0.132 e.